The smallest absolute Gasteiger partial charge is 0.254 e. The molecular formula is C15H19N7O. The van der Waals surface area contributed by atoms with Gasteiger partial charge >= 0.3 is 0 Å². The Kier molecular flexibility index (Phi) is 3.59. The van der Waals surface area contributed by atoms with Gasteiger partial charge in [-0.2, -0.15) is 5.10 Å². The molecule has 3 rings (SSSR count). The van der Waals surface area contributed by atoms with Crippen molar-refractivity contribution < 1.29 is 4.79 Å². The van der Waals surface area contributed by atoms with Crippen LogP contribution in [0.4, 0.5) is 0 Å². The fraction of sp³-hybridized carbons (Fsp3) is 0.400. The van der Waals surface area contributed by atoms with E-state index in [0.717, 1.165) is 11.4 Å². The van der Waals surface area contributed by atoms with Crippen molar-refractivity contribution >= 4 is 11.6 Å². The summed E-state index contributed by atoms with van der Waals surface area (Å²) in [6, 6.07) is 5.37. The van der Waals surface area contributed by atoms with Crippen LogP contribution in [0, 0.1) is 0 Å². The monoisotopic (exact) mass is 313 g/mol. The molecule has 0 aromatic carbocycles. The van der Waals surface area contributed by atoms with Gasteiger partial charge in [-0.25, -0.2) is 4.52 Å². The number of tetrazole rings is 1. The third-order valence-corrected chi connectivity index (χ3v) is 3.60. The lowest BCUT2D eigenvalue weighted by molar-refractivity contribution is 0.0783. The number of fused-ring (bicyclic) bond motifs is 1. The van der Waals surface area contributed by atoms with Crippen LogP contribution < -0.4 is 0 Å². The molecule has 0 aliphatic rings. The van der Waals surface area contributed by atoms with Gasteiger partial charge in [0.1, 0.15) is 0 Å². The number of amides is 1. The van der Waals surface area contributed by atoms with Crippen molar-refractivity contribution in [2.45, 2.75) is 32.7 Å². The summed E-state index contributed by atoms with van der Waals surface area (Å²) < 4.78 is 1.52. The van der Waals surface area contributed by atoms with Crippen molar-refractivity contribution in [3.05, 3.63) is 41.3 Å². The first-order valence-corrected chi connectivity index (χ1v) is 7.32. The third-order valence-electron chi connectivity index (χ3n) is 3.60. The number of aromatic amines is 1. The molecular weight excluding hydrogens is 294 g/mol. The molecule has 3 heterocycles. The molecule has 8 heteroatoms. The van der Waals surface area contributed by atoms with Gasteiger partial charge in [-0.1, -0.05) is 20.8 Å². The Balaban J connectivity index is 1.75. The molecule has 1 N–H and O–H groups in total. The molecule has 23 heavy (non-hydrogen) atoms. The highest BCUT2D eigenvalue weighted by molar-refractivity contribution is 5.94. The van der Waals surface area contributed by atoms with Crippen molar-refractivity contribution in [3.8, 4) is 0 Å². The number of carbonyl (C=O) groups excluding carboxylic acids is 1. The summed E-state index contributed by atoms with van der Waals surface area (Å²) in [5, 5.41) is 18.5. The molecule has 0 saturated heterocycles. The SMILES string of the molecule is CN(Cc1cc(C(C)(C)C)n[nH]1)C(=O)c1ccn2nnnc2c1. The summed E-state index contributed by atoms with van der Waals surface area (Å²) in [7, 11) is 1.76. The average Bonchev–Trinajstić information content (AvgIpc) is 3.13. The predicted octanol–water partition coefficient (Wildman–Crippen LogP) is 1.42. The van der Waals surface area contributed by atoms with Gasteiger partial charge in [0, 0.05) is 24.2 Å². The van der Waals surface area contributed by atoms with Crippen molar-refractivity contribution in [1.29, 1.82) is 0 Å². The summed E-state index contributed by atoms with van der Waals surface area (Å²) in [6.45, 7) is 6.76. The van der Waals surface area contributed by atoms with E-state index in [0.29, 0.717) is 17.8 Å². The molecule has 3 aromatic heterocycles. The molecule has 0 unspecified atom stereocenters. The predicted molar refractivity (Wildman–Crippen MR) is 83.9 cm³/mol. The molecule has 120 valence electrons. The molecule has 0 radical (unpaired) electrons. The van der Waals surface area contributed by atoms with E-state index in [-0.39, 0.29) is 11.3 Å². The lowest BCUT2D eigenvalue weighted by Crippen LogP contribution is -2.26. The lowest BCUT2D eigenvalue weighted by Gasteiger charge is -2.16. The summed E-state index contributed by atoms with van der Waals surface area (Å²) in [5.41, 5.74) is 2.94. The number of carbonyl (C=O) groups is 1. The van der Waals surface area contributed by atoms with E-state index in [1.807, 2.05) is 6.07 Å². The van der Waals surface area contributed by atoms with E-state index < -0.39 is 0 Å². The lowest BCUT2D eigenvalue weighted by atomic mass is 9.92. The van der Waals surface area contributed by atoms with Crippen LogP contribution in [0.3, 0.4) is 0 Å². The fourth-order valence-electron chi connectivity index (χ4n) is 2.25. The van der Waals surface area contributed by atoms with Gasteiger partial charge < -0.3 is 4.90 Å². The standard InChI is InChI=1S/C15H19N7O/c1-15(2,3)12-8-11(16-17-12)9-21(4)14(23)10-5-6-22-13(7-10)18-19-20-22/h5-8H,9H2,1-4H3,(H,16,17). The Hall–Kier alpha value is -2.77. The molecule has 3 aromatic rings. The highest BCUT2D eigenvalue weighted by Gasteiger charge is 2.19. The number of aromatic nitrogens is 6. The Bertz CT molecular complexity index is 843. The minimum absolute atomic E-state index is 0.0248. The third kappa shape index (κ3) is 3.05. The summed E-state index contributed by atoms with van der Waals surface area (Å²) in [6.07, 6.45) is 1.67. The molecule has 0 spiro atoms. The first-order chi connectivity index (χ1) is 10.8. The molecule has 1 amide bonds. The topological polar surface area (TPSA) is 92.1 Å². The van der Waals surface area contributed by atoms with Gasteiger partial charge in [0.15, 0.2) is 5.65 Å². The van der Waals surface area contributed by atoms with Crippen LogP contribution in [-0.4, -0.2) is 48.1 Å². The van der Waals surface area contributed by atoms with E-state index in [9.17, 15) is 4.79 Å². The van der Waals surface area contributed by atoms with Crippen LogP contribution in [0.25, 0.3) is 5.65 Å². The Morgan fingerprint density at radius 3 is 2.83 bits per heavy atom. The number of H-pyrrole nitrogens is 1. The normalized spacial score (nSPS) is 11.8. The van der Waals surface area contributed by atoms with Gasteiger partial charge in [0.25, 0.3) is 5.91 Å². The molecule has 8 nitrogen and oxygen atoms in total. The molecule has 0 saturated carbocycles. The Morgan fingerprint density at radius 1 is 1.35 bits per heavy atom. The van der Waals surface area contributed by atoms with Crippen molar-refractivity contribution in [3.63, 3.8) is 0 Å². The average molecular weight is 313 g/mol. The second-order valence-corrected chi connectivity index (χ2v) is 6.59. The number of nitrogens with zero attached hydrogens (tertiary/aromatic N) is 6. The van der Waals surface area contributed by atoms with Crippen LogP contribution in [0.2, 0.25) is 0 Å². The first kappa shape index (κ1) is 15.1. The number of hydrogen-bond acceptors (Lipinski definition) is 5. The van der Waals surface area contributed by atoms with Crippen molar-refractivity contribution in [2.75, 3.05) is 7.05 Å². The number of rotatable bonds is 3. The van der Waals surface area contributed by atoms with Crippen LogP contribution >= 0.6 is 0 Å². The van der Waals surface area contributed by atoms with Gasteiger partial charge in [-0.3, -0.25) is 9.89 Å². The second-order valence-electron chi connectivity index (χ2n) is 6.59. The van der Waals surface area contributed by atoms with E-state index in [1.54, 1.807) is 30.3 Å². The maximum absolute atomic E-state index is 12.5. The zero-order chi connectivity index (χ0) is 16.6. The Labute approximate surface area is 133 Å². The van der Waals surface area contributed by atoms with E-state index in [4.69, 9.17) is 0 Å². The van der Waals surface area contributed by atoms with Gasteiger partial charge in [-0.05, 0) is 28.6 Å². The summed E-state index contributed by atoms with van der Waals surface area (Å²) in [5.74, 6) is -0.0950. The zero-order valence-corrected chi connectivity index (χ0v) is 13.6. The number of nitrogens with one attached hydrogen (secondary N) is 1. The highest BCUT2D eigenvalue weighted by Crippen LogP contribution is 2.20. The summed E-state index contributed by atoms with van der Waals surface area (Å²) >= 11 is 0. The maximum atomic E-state index is 12.5. The highest BCUT2D eigenvalue weighted by atomic mass is 16.2. The maximum Gasteiger partial charge on any atom is 0.254 e. The number of pyridine rings is 1. The Morgan fingerprint density at radius 2 is 2.13 bits per heavy atom. The van der Waals surface area contributed by atoms with E-state index in [2.05, 4.69) is 46.5 Å². The number of hydrogen-bond donors (Lipinski definition) is 1. The van der Waals surface area contributed by atoms with Crippen LogP contribution in [0.15, 0.2) is 24.4 Å². The second kappa shape index (κ2) is 5.45. The van der Waals surface area contributed by atoms with Gasteiger partial charge in [0.2, 0.25) is 0 Å². The largest absolute Gasteiger partial charge is 0.336 e. The zero-order valence-electron chi connectivity index (χ0n) is 13.6. The fourth-order valence-corrected chi connectivity index (χ4v) is 2.25. The summed E-state index contributed by atoms with van der Waals surface area (Å²) in [4.78, 5) is 14.2. The van der Waals surface area contributed by atoms with Crippen molar-refractivity contribution in [2.24, 2.45) is 0 Å². The minimum atomic E-state index is -0.0950. The molecule has 0 atom stereocenters. The van der Waals surface area contributed by atoms with Crippen LogP contribution in [0.1, 0.15) is 42.5 Å². The molecule has 0 aliphatic carbocycles. The van der Waals surface area contributed by atoms with Crippen LogP contribution in [-0.2, 0) is 12.0 Å². The molecule has 0 bridgehead atoms. The van der Waals surface area contributed by atoms with Gasteiger partial charge in [-0.15, -0.1) is 5.10 Å². The van der Waals surface area contributed by atoms with Crippen LogP contribution in [0.5, 0.6) is 0 Å². The van der Waals surface area contributed by atoms with Gasteiger partial charge in [0.05, 0.1) is 17.9 Å². The van der Waals surface area contributed by atoms with E-state index in [1.165, 1.54) is 4.52 Å². The molecule has 0 aliphatic heterocycles. The van der Waals surface area contributed by atoms with E-state index >= 15 is 0 Å². The quantitative estimate of drug-likeness (QED) is 0.789. The first-order valence-electron chi connectivity index (χ1n) is 7.32. The van der Waals surface area contributed by atoms with Crippen molar-refractivity contribution in [1.82, 2.24) is 35.1 Å². The molecule has 0 fully saturated rings. The minimum Gasteiger partial charge on any atom is -0.336 e.